The van der Waals surface area contributed by atoms with Crippen LogP contribution in [0.2, 0.25) is 13.1 Å². The number of hydrogen-bond donors (Lipinski definition) is 1. The Hall–Kier alpha value is -0.313. The van der Waals surface area contributed by atoms with E-state index in [1.807, 2.05) is 13.1 Å². The standard InChI is InChI=1S/C3H8NOSi/c1-6(2)4-3-5/h3H,1-2H3,(H,4,5). The average molecular weight is 102 g/mol. The van der Waals surface area contributed by atoms with Crippen LogP contribution in [0.15, 0.2) is 0 Å². The highest BCUT2D eigenvalue weighted by atomic mass is 28.3. The van der Waals surface area contributed by atoms with Crippen molar-refractivity contribution in [3.63, 3.8) is 0 Å². The zero-order valence-corrected chi connectivity index (χ0v) is 4.99. The maximum Gasteiger partial charge on any atom is 0.199 e. The largest absolute Gasteiger partial charge is 0.385 e. The lowest BCUT2D eigenvalue weighted by Crippen LogP contribution is -2.24. The van der Waals surface area contributed by atoms with Crippen molar-refractivity contribution in [2.24, 2.45) is 0 Å². The predicted molar refractivity (Wildman–Crippen MR) is 26.7 cm³/mol. The van der Waals surface area contributed by atoms with E-state index >= 15 is 0 Å². The molecule has 0 aromatic rings. The molecule has 0 aliphatic heterocycles. The van der Waals surface area contributed by atoms with E-state index in [1.54, 1.807) is 0 Å². The van der Waals surface area contributed by atoms with Crippen LogP contribution in [0.5, 0.6) is 0 Å². The number of amides is 1. The summed E-state index contributed by atoms with van der Waals surface area (Å²) in [6.45, 7) is 4.03. The first-order valence-electron chi connectivity index (χ1n) is 1.77. The van der Waals surface area contributed by atoms with Crippen molar-refractivity contribution < 1.29 is 4.79 Å². The van der Waals surface area contributed by atoms with Gasteiger partial charge in [0, 0.05) is 0 Å². The summed E-state index contributed by atoms with van der Waals surface area (Å²) in [6, 6.07) is 0. The van der Waals surface area contributed by atoms with E-state index in [1.165, 1.54) is 0 Å². The molecule has 0 fully saturated rings. The summed E-state index contributed by atoms with van der Waals surface area (Å²) >= 11 is 0. The molecule has 0 spiro atoms. The molecule has 0 unspecified atom stereocenters. The van der Waals surface area contributed by atoms with E-state index in [0.29, 0.717) is 0 Å². The lowest BCUT2D eigenvalue weighted by atomic mass is 11.5. The second-order valence-corrected chi connectivity index (χ2v) is 3.55. The minimum Gasteiger partial charge on any atom is -0.385 e. The minimum absolute atomic E-state index is 0.504. The number of rotatable bonds is 2. The van der Waals surface area contributed by atoms with Gasteiger partial charge in [0.05, 0.1) is 0 Å². The summed E-state index contributed by atoms with van der Waals surface area (Å²) in [5, 5.41) is 0. The summed E-state index contributed by atoms with van der Waals surface area (Å²) in [4.78, 5) is 12.2. The molecule has 0 bridgehead atoms. The van der Waals surface area contributed by atoms with Gasteiger partial charge in [0.15, 0.2) is 15.4 Å². The van der Waals surface area contributed by atoms with Crippen molar-refractivity contribution in [1.29, 1.82) is 0 Å². The van der Waals surface area contributed by atoms with Crippen LogP contribution in [0.1, 0.15) is 0 Å². The Morgan fingerprint density at radius 2 is 2.17 bits per heavy atom. The fraction of sp³-hybridized carbons (Fsp3) is 0.667. The van der Waals surface area contributed by atoms with Gasteiger partial charge in [-0.1, -0.05) is 13.1 Å². The third kappa shape index (κ3) is 3.69. The summed E-state index contributed by atoms with van der Waals surface area (Å²) < 4.78 is 0. The molecule has 1 radical (unpaired) electrons. The molecule has 0 aromatic heterocycles. The summed E-state index contributed by atoms with van der Waals surface area (Å²) in [5.74, 6) is 0. The van der Waals surface area contributed by atoms with E-state index in [4.69, 9.17) is 0 Å². The Morgan fingerprint density at radius 1 is 1.67 bits per heavy atom. The minimum atomic E-state index is -0.504. The second-order valence-electron chi connectivity index (χ2n) is 1.26. The van der Waals surface area contributed by atoms with Crippen molar-refractivity contribution in [2.45, 2.75) is 13.1 Å². The van der Waals surface area contributed by atoms with Crippen LogP contribution in [0.4, 0.5) is 0 Å². The van der Waals surface area contributed by atoms with Crippen LogP contribution in [0.25, 0.3) is 0 Å². The quantitative estimate of drug-likeness (QED) is 0.385. The maximum absolute atomic E-state index is 9.53. The van der Waals surface area contributed by atoms with Gasteiger partial charge in [-0.2, -0.15) is 0 Å². The zero-order chi connectivity index (χ0) is 4.99. The first kappa shape index (κ1) is 5.69. The fourth-order valence-corrected chi connectivity index (χ4v) is 0.354. The Balaban J connectivity index is 2.81. The van der Waals surface area contributed by atoms with E-state index in [9.17, 15) is 4.79 Å². The van der Waals surface area contributed by atoms with Gasteiger partial charge in [0.25, 0.3) is 0 Å². The van der Waals surface area contributed by atoms with Crippen molar-refractivity contribution >= 4 is 15.4 Å². The van der Waals surface area contributed by atoms with Crippen molar-refractivity contribution in [3.8, 4) is 0 Å². The number of hydrogen-bond acceptors (Lipinski definition) is 1. The highest BCUT2D eigenvalue weighted by Gasteiger charge is 1.86. The molecule has 0 heterocycles. The number of carbonyl (C=O) groups is 1. The first-order chi connectivity index (χ1) is 2.77. The zero-order valence-electron chi connectivity index (χ0n) is 3.99. The van der Waals surface area contributed by atoms with Gasteiger partial charge >= 0.3 is 0 Å². The third-order valence-corrected chi connectivity index (χ3v) is 1.04. The Bertz CT molecular complexity index is 46.1. The van der Waals surface area contributed by atoms with Crippen molar-refractivity contribution in [2.75, 3.05) is 0 Å². The molecule has 0 aromatic carbocycles. The maximum atomic E-state index is 9.53. The normalized spacial score (nSPS) is 8.50. The van der Waals surface area contributed by atoms with Crippen LogP contribution in [0, 0.1) is 0 Å². The Kier molecular flexibility index (Phi) is 2.75. The smallest absolute Gasteiger partial charge is 0.199 e. The SMILES string of the molecule is C[Si](C)NC=O. The highest BCUT2D eigenvalue weighted by Crippen LogP contribution is 1.62. The number of nitrogens with one attached hydrogen (secondary N) is 1. The molecule has 2 nitrogen and oxygen atoms in total. The molecule has 0 aliphatic rings. The molecule has 0 saturated carbocycles. The average Bonchev–Trinajstić information content (AvgIpc) is 1.35. The predicted octanol–water partition coefficient (Wildman–Crippen LogP) is -0.0165. The van der Waals surface area contributed by atoms with Gasteiger partial charge in [0.1, 0.15) is 0 Å². The molecule has 3 heteroatoms. The lowest BCUT2D eigenvalue weighted by molar-refractivity contribution is -0.108. The van der Waals surface area contributed by atoms with Gasteiger partial charge in [0.2, 0.25) is 0 Å². The van der Waals surface area contributed by atoms with E-state index < -0.39 is 8.96 Å². The van der Waals surface area contributed by atoms with Crippen LogP contribution in [-0.4, -0.2) is 15.4 Å². The summed E-state index contributed by atoms with van der Waals surface area (Å²) in [7, 11) is -0.504. The molecule has 6 heavy (non-hydrogen) atoms. The van der Waals surface area contributed by atoms with Gasteiger partial charge < -0.3 is 4.98 Å². The molecule has 35 valence electrons. The van der Waals surface area contributed by atoms with Crippen molar-refractivity contribution in [1.82, 2.24) is 4.98 Å². The van der Waals surface area contributed by atoms with Crippen LogP contribution in [-0.2, 0) is 4.79 Å². The topological polar surface area (TPSA) is 29.1 Å². The van der Waals surface area contributed by atoms with Crippen LogP contribution >= 0.6 is 0 Å². The van der Waals surface area contributed by atoms with Gasteiger partial charge in [-0.25, -0.2) is 0 Å². The van der Waals surface area contributed by atoms with E-state index in [0.717, 1.165) is 6.41 Å². The van der Waals surface area contributed by atoms with Gasteiger partial charge in [-0.05, 0) is 0 Å². The molecule has 1 amide bonds. The molecule has 1 N–H and O–H groups in total. The Labute approximate surface area is 39.2 Å². The van der Waals surface area contributed by atoms with Crippen molar-refractivity contribution in [3.05, 3.63) is 0 Å². The molecule has 0 atom stereocenters. The Morgan fingerprint density at radius 3 is 2.17 bits per heavy atom. The lowest BCUT2D eigenvalue weighted by Gasteiger charge is -1.92. The number of carbonyl (C=O) groups excluding carboxylic acids is 1. The molecular weight excluding hydrogens is 94.1 g/mol. The van der Waals surface area contributed by atoms with Gasteiger partial charge in [-0.15, -0.1) is 0 Å². The molecule has 0 rings (SSSR count). The third-order valence-electron chi connectivity index (χ3n) is 0.348. The monoisotopic (exact) mass is 102 g/mol. The van der Waals surface area contributed by atoms with E-state index in [2.05, 4.69) is 4.98 Å². The summed E-state index contributed by atoms with van der Waals surface area (Å²) in [6.07, 6.45) is 0.744. The fourth-order valence-electron chi connectivity index (χ4n) is 0.118. The van der Waals surface area contributed by atoms with Crippen LogP contribution < -0.4 is 4.98 Å². The molecular formula is C3H8NOSi. The van der Waals surface area contributed by atoms with Gasteiger partial charge in [-0.3, -0.25) is 4.79 Å². The first-order valence-corrected chi connectivity index (χ1v) is 4.27. The summed E-state index contributed by atoms with van der Waals surface area (Å²) in [5.41, 5.74) is 0. The van der Waals surface area contributed by atoms with E-state index in [-0.39, 0.29) is 0 Å². The second kappa shape index (κ2) is 2.90. The molecule has 0 saturated heterocycles. The highest BCUT2D eigenvalue weighted by molar-refractivity contribution is 6.55. The van der Waals surface area contributed by atoms with Crippen LogP contribution in [0.3, 0.4) is 0 Å². The molecule has 0 aliphatic carbocycles.